The Hall–Kier alpha value is -3.41. The topological polar surface area (TPSA) is 90.9 Å². The summed E-state index contributed by atoms with van der Waals surface area (Å²) in [6.07, 6.45) is 1.59. The molecule has 3 fully saturated rings. The second kappa shape index (κ2) is 10.3. The Morgan fingerprint density at radius 1 is 1.02 bits per heavy atom. The molecule has 0 aromatic heterocycles. The third kappa shape index (κ3) is 5.11. The van der Waals surface area contributed by atoms with Gasteiger partial charge in [-0.2, -0.15) is 4.31 Å². The quantitative estimate of drug-likeness (QED) is 0.334. The molecule has 2 bridgehead atoms. The molecule has 1 aliphatic heterocycles. The second-order valence-electron chi connectivity index (χ2n) is 12.2. The van der Waals surface area contributed by atoms with Crippen molar-refractivity contribution >= 4 is 33.4 Å². The summed E-state index contributed by atoms with van der Waals surface area (Å²) in [7, 11) is -3.84. The Labute approximate surface area is 253 Å². The smallest absolute Gasteiger partial charge is 0.245 e. The Bertz CT molecular complexity index is 1690. The monoisotopic (exact) mass is 630 g/mol. The van der Waals surface area contributed by atoms with Gasteiger partial charge >= 0.3 is 0 Å². The summed E-state index contributed by atoms with van der Waals surface area (Å²) >= 11 is 6.06. The summed E-state index contributed by atoms with van der Waals surface area (Å²) in [6, 6.07) is 15.7. The summed E-state index contributed by atoms with van der Waals surface area (Å²) in [5.41, 5.74) is -1.52. The van der Waals surface area contributed by atoms with Crippen LogP contribution >= 0.6 is 11.6 Å². The van der Waals surface area contributed by atoms with Gasteiger partial charge < -0.3 is 10.6 Å². The molecular formula is C31H30ClF3N4O3S. The molecule has 7 rings (SSSR count). The molecule has 1 atom stereocenters. The summed E-state index contributed by atoms with van der Waals surface area (Å²) in [6.45, 7) is 3.29. The maximum atomic E-state index is 14.1. The van der Waals surface area contributed by atoms with Gasteiger partial charge in [0.2, 0.25) is 15.9 Å². The van der Waals surface area contributed by atoms with Gasteiger partial charge in [0.15, 0.2) is 0 Å². The van der Waals surface area contributed by atoms with Crippen LogP contribution in [0.2, 0.25) is 5.02 Å². The van der Waals surface area contributed by atoms with Crippen molar-refractivity contribution in [2.75, 3.05) is 0 Å². The fourth-order valence-electron chi connectivity index (χ4n) is 6.61. The number of nitrogens with one attached hydrogen (secondary N) is 2. The first-order chi connectivity index (χ1) is 20.2. The van der Waals surface area contributed by atoms with Gasteiger partial charge in [0.05, 0.1) is 10.4 Å². The fourth-order valence-corrected chi connectivity index (χ4v) is 8.51. The summed E-state index contributed by atoms with van der Waals surface area (Å²) < 4.78 is 70.9. The lowest BCUT2D eigenvalue weighted by Crippen LogP contribution is -2.78. The Balaban J connectivity index is 1.18. The number of hydrogen-bond donors (Lipinski definition) is 2. The largest absolute Gasteiger partial charge is 0.360 e. The molecule has 3 saturated carbocycles. The molecule has 0 radical (unpaired) electrons. The lowest BCUT2D eigenvalue weighted by molar-refractivity contribution is -0.151. The van der Waals surface area contributed by atoms with Gasteiger partial charge in [-0.15, -0.1) is 0 Å². The number of nitrogens with zero attached hydrogens (tertiary/aromatic N) is 2. The van der Waals surface area contributed by atoms with E-state index in [0.717, 1.165) is 5.56 Å². The van der Waals surface area contributed by atoms with Gasteiger partial charge in [0.25, 0.3) is 0 Å². The average molecular weight is 631 g/mol. The molecule has 3 aliphatic carbocycles. The van der Waals surface area contributed by atoms with Crippen molar-refractivity contribution in [3.05, 3.63) is 100 Å². The van der Waals surface area contributed by atoms with E-state index in [1.165, 1.54) is 0 Å². The van der Waals surface area contributed by atoms with Crippen molar-refractivity contribution in [3.63, 3.8) is 0 Å². The van der Waals surface area contributed by atoms with Crippen LogP contribution in [0.3, 0.4) is 0 Å². The minimum atomic E-state index is -3.84. The minimum absolute atomic E-state index is 0.178. The van der Waals surface area contributed by atoms with Gasteiger partial charge in [-0.1, -0.05) is 41.9 Å². The molecule has 3 aromatic rings. The van der Waals surface area contributed by atoms with Crippen molar-refractivity contribution in [1.82, 2.24) is 14.9 Å². The molecule has 1 heterocycles. The number of rotatable bonds is 9. The molecule has 4 aliphatic rings. The number of carbonyl (C=O) groups is 1. The van der Waals surface area contributed by atoms with Crippen molar-refractivity contribution in [2.24, 2.45) is 10.4 Å². The van der Waals surface area contributed by atoms with Crippen molar-refractivity contribution < 1.29 is 26.4 Å². The van der Waals surface area contributed by atoms with Crippen LogP contribution < -0.4 is 10.6 Å². The zero-order valence-electron chi connectivity index (χ0n) is 23.5. The highest BCUT2D eigenvalue weighted by Crippen LogP contribution is 2.71. The Morgan fingerprint density at radius 3 is 2.23 bits per heavy atom. The molecule has 12 heteroatoms. The van der Waals surface area contributed by atoms with Gasteiger partial charge in [0.1, 0.15) is 29.3 Å². The van der Waals surface area contributed by atoms with E-state index < -0.39 is 68.0 Å². The van der Waals surface area contributed by atoms with Crippen LogP contribution in [0, 0.1) is 22.9 Å². The van der Waals surface area contributed by atoms with Crippen molar-refractivity contribution in [3.8, 4) is 0 Å². The maximum Gasteiger partial charge on any atom is 0.245 e. The SMILES string of the molecule is CC1(C)N=C(C23CC(N(Cc4ccc(Cl)cc4)S(=O)(=O)c4ccccc4)(C2)C3)N[C@H]1C(=O)NCc1c(F)cc(F)cc1F. The molecule has 1 amide bonds. The highest BCUT2D eigenvalue weighted by Gasteiger charge is 2.75. The molecule has 3 aromatic carbocycles. The van der Waals surface area contributed by atoms with Gasteiger partial charge in [-0.3, -0.25) is 9.79 Å². The lowest BCUT2D eigenvalue weighted by atomic mass is 9.38. The van der Waals surface area contributed by atoms with E-state index in [2.05, 4.69) is 10.6 Å². The van der Waals surface area contributed by atoms with E-state index >= 15 is 0 Å². The number of sulfonamides is 1. The normalized spacial score (nSPS) is 25.4. The van der Waals surface area contributed by atoms with E-state index in [1.807, 2.05) is 12.1 Å². The highest BCUT2D eigenvalue weighted by atomic mass is 35.5. The van der Waals surface area contributed by atoms with Crippen LogP contribution in [-0.2, 0) is 27.9 Å². The first kappa shape index (κ1) is 29.7. The summed E-state index contributed by atoms with van der Waals surface area (Å²) in [4.78, 5) is 18.2. The maximum absolute atomic E-state index is 14.1. The molecule has 0 saturated heterocycles. The third-order valence-corrected chi connectivity index (χ3v) is 11.0. The second-order valence-corrected chi connectivity index (χ2v) is 14.5. The zero-order valence-corrected chi connectivity index (χ0v) is 25.1. The van der Waals surface area contributed by atoms with Crippen LogP contribution in [0.15, 0.2) is 76.6 Å². The molecule has 2 N–H and O–H groups in total. The molecule has 0 unspecified atom stereocenters. The number of halogens is 4. The van der Waals surface area contributed by atoms with E-state index in [4.69, 9.17) is 16.6 Å². The van der Waals surface area contributed by atoms with Gasteiger partial charge in [-0.05, 0) is 62.9 Å². The number of benzene rings is 3. The van der Waals surface area contributed by atoms with Gasteiger partial charge in [0, 0.05) is 46.8 Å². The van der Waals surface area contributed by atoms with E-state index in [1.54, 1.807) is 60.6 Å². The average Bonchev–Trinajstić information content (AvgIpc) is 3.22. The lowest BCUT2D eigenvalue weighted by Gasteiger charge is -2.72. The number of aliphatic imine (C=N–C) groups is 1. The fraction of sp³-hybridized carbons (Fsp3) is 0.355. The Morgan fingerprint density at radius 2 is 1.63 bits per heavy atom. The predicted molar refractivity (Wildman–Crippen MR) is 156 cm³/mol. The minimum Gasteiger partial charge on any atom is -0.360 e. The van der Waals surface area contributed by atoms with Crippen LogP contribution in [0.1, 0.15) is 44.2 Å². The van der Waals surface area contributed by atoms with E-state index in [9.17, 15) is 26.4 Å². The highest BCUT2D eigenvalue weighted by molar-refractivity contribution is 7.89. The third-order valence-electron chi connectivity index (χ3n) is 8.80. The van der Waals surface area contributed by atoms with Crippen LogP contribution in [0.5, 0.6) is 0 Å². The molecule has 0 spiro atoms. The summed E-state index contributed by atoms with van der Waals surface area (Å²) in [5, 5.41) is 6.33. The van der Waals surface area contributed by atoms with Gasteiger partial charge in [-0.25, -0.2) is 21.6 Å². The van der Waals surface area contributed by atoms with Crippen LogP contribution in [0.25, 0.3) is 0 Å². The predicted octanol–water partition coefficient (Wildman–Crippen LogP) is 5.34. The number of carbonyl (C=O) groups excluding carboxylic acids is 1. The number of amidine groups is 1. The van der Waals surface area contributed by atoms with Crippen molar-refractivity contribution in [1.29, 1.82) is 0 Å². The zero-order chi connectivity index (χ0) is 30.8. The van der Waals surface area contributed by atoms with Crippen LogP contribution in [0.4, 0.5) is 13.2 Å². The first-order valence-electron chi connectivity index (χ1n) is 13.9. The van der Waals surface area contributed by atoms with E-state index in [0.29, 0.717) is 42.3 Å². The molecular weight excluding hydrogens is 601 g/mol. The number of amides is 1. The van der Waals surface area contributed by atoms with Crippen LogP contribution in [-0.4, -0.2) is 41.6 Å². The van der Waals surface area contributed by atoms with Crippen molar-refractivity contribution in [2.45, 2.75) is 68.2 Å². The van der Waals surface area contributed by atoms with E-state index in [-0.39, 0.29) is 11.4 Å². The standard InChI is InChI=1S/C31H30ClF3N4O3S/c1-29(2)26(27(40)36-14-23-24(34)12-21(33)13-25(23)35)37-28(38-29)30-16-31(17-30,18-30)39(15-19-8-10-20(32)11-9-19)43(41,42)22-6-4-3-5-7-22/h3-13,26H,14-18H2,1-2H3,(H,36,40)(H,37,38)/t26-,30?,31?/m0/s1. The molecule has 226 valence electrons. The molecule has 7 nitrogen and oxygen atoms in total. The summed E-state index contributed by atoms with van der Waals surface area (Å²) in [5.74, 6) is -3.09. The Kier molecular flexibility index (Phi) is 7.14. The number of hydrogen-bond acceptors (Lipinski definition) is 5. The molecule has 43 heavy (non-hydrogen) atoms. The first-order valence-corrected chi connectivity index (χ1v) is 15.7.